The fraction of sp³-hybridized carbons (Fsp3) is 0.375. The summed E-state index contributed by atoms with van der Waals surface area (Å²) in [5.41, 5.74) is 0.391. The van der Waals surface area contributed by atoms with Gasteiger partial charge in [-0.05, 0) is 19.0 Å². The molecular weight excluding hydrogens is 186 g/mol. The SMILES string of the molecule is CCOC(=O)c1nc(C)cnc1N=O. The van der Waals surface area contributed by atoms with Crippen molar-refractivity contribution in [2.45, 2.75) is 13.8 Å². The maximum absolute atomic E-state index is 11.3. The average molecular weight is 195 g/mol. The number of carbonyl (C=O) groups excluding carboxylic acids is 1. The van der Waals surface area contributed by atoms with Crippen LogP contribution in [0.25, 0.3) is 0 Å². The minimum Gasteiger partial charge on any atom is -0.461 e. The van der Waals surface area contributed by atoms with Gasteiger partial charge in [0.2, 0.25) is 5.82 Å². The fourth-order valence-corrected chi connectivity index (χ4v) is 0.874. The summed E-state index contributed by atoms with van der Waals surface area (Å²) in [6, 6.07) is 0. The highest BCUT2D eigenvalue weighted by atomic mass is 16.5. The van der Waals surface area contributed by atoms with Crippen LogP contribution in [0.4, 0.5) is 5.82 Å². The zero-order valence-corrected chi connectivity index (χ0v) is 7.85. The Kier molecular flexibility index (Phi) is 3.22. The Bertz CT molecular complexity index is 365. The number of nitrogens with zero attached hydrogens (tertiary/aromatic N) is 3. The number of hydrogen-bond donors (Lipinski definition) is 0. The standard InChI is InChI=1S/C8H9N3O3/c1-3-14-8(12)6-7(11-13)9-4-5(2)10-6/h4H,3H2,1-2H3. The van der Waals surface area contributed by atoms with Gasteiger partial charge in [-0.25, -0.2) is 14.8 Å². The molecule has 6 nitrogen and oxygen atoms in total. The van der Waals surface area contributed by atoms with Gasteiger partial charge >= 0.3 is 5.97 Å². The van der Waals surface area contributed by atoms with Gasteiger partial charge in [-0.2, -0.15) is 0 Å². The lowest BCUT2D eigenvalue weighted by atomic mass is 10.4. The van der Waals surface area contributed by atoms with Crippen molar-refractivity contribution < 1.29 is 9.53 Å². The molecule has 0 saturated carbocycles. The molecule has 0 aliphatic carbocycles. The summed E-state index contributed by atoms with van der Waals surface area (Å²) < 4.78 is 4.69. The molecule has 1 aromatic rings. The first kappa shape index (κ1) is 10.2. The van der Waals surface area contributed by atoms with Gasteiger partial charge in [-0.15, -0.1) is 4.91 Å². The van der Waals surface area contributed by atoms with Crippen molar-refractivity contribution in [3.8, 4) is 0 Å². The van der Waals surface area contributed by atoms with Crippen molar-refractivity contribution in [3.63, 3.8) is 0 Å². The van der Waals surface area contributed by atoms with E-state index in [4.69, 9.17) is 0 Å². The van der Waals surface area contributed by atoms with E-state index in [0.29, 0.717) is 5.69 Å². The third-order valence-electron chi connectivity index (χ3n) is 1.43. The second kappa shape index (κ2) is 4.40. The molecule has 0 aliphatic rings. The Morgan fingerprint density at radius 3 is 2.93 bits per heavy atom. The molecule has 1 rings (SSSR count). The molecule has 0 saturated heterocycles. The summed E-state index contributed by atoms with van der Waals surface area (Å²) in [6.45, 7) is 3.53. The second-order valence-electron chi connectivity index (χ2n) is 2.50. The number of rotatable bonds is 3. The monoisotopic (exact) mass is 195 g/mol. The van der Waals surface area contributed by atoms with Gasteiger partial charge in [0.05, 0.1) is 18.5 Å². The first-order valence-electron chi connectivity index (χ1n) is 4.03. The molecule has 0 spiro atoms. The van der Waals surface area contributed by atoms with E-state index in [2.05, 4.69) is 19.9 Å². The van der Waals surface area contributed by atoms with Gasteiger partial charge < -0.3 is 4.74 Å². The van der Waals surface area contributed by atoms with E-state index in [1.54, 1.807) is 13.8 Å². The minimum absolute atomic E-state index is 0.137. The molecule has 1 heterocycles. The van der Waals surface area contributed by atoms with E-state index in [9.17, 15) is 9.70 Å². The number of ether oxygens (including phenoxy) is 1. The zero-order valence-electron chi connectivity index (χ0n) is 7.85. The van der Waals surface area contributed by atoms with Crippen molar-refractivity contribution in [3.05, 3.63) is 22.5 Å². The van der Waals surface area contributed by atoms with Crippen molar-refractivity contribution >= 4 is 11.8 Å². The van der Waals surface area contributed by atoms with Gasteiger partial charge in [-0.1, -0.05) is 0 Å². The first-order valence-corrected chi connectivity index (χ1v) is 4.03. The fourth-order valence-electron chi connectivity index (χ4n) is 0.874. The topological polar surface area (TPSA) is 81.5 Å². The molecule has 0 N–H and O–H groups in total. The van der Waals surface area contributed by atoms with Crippen LogP contribution < -0.4 is 0 Å². The van der Waals surface area contributed by atoms with Crippen molar-refractivity contribution in [1.29, 1.82) is 0 Å². The highest BCUT2D eigenvalue weighted by molar-refractivity contribution is 5.91. The van der Waals surface area contributed by atoms with Crippen LogP contribution in [0.1, 0.15) is 23.1 Å². The molecule has 0 aromatic carbocycles. The molecule has 0 bridgehead atoms. The number of hydrogen-bond acceptors (Lipinski definition) is 6. The van der Waals surface area contributed by atoms with Crippen molar-refractivity contribution in [2.24, 2.45) is 5.18 Å². The molecule has 0 radical (unpaired) electrons. The molecule has 0 amide bonds. The van der Waals surface area contributed by atoms with Gasteiger partial charge in [-0.3, -0.25) is 0 Å². The zero-order chi connectivity index (χ0) is 10.6. The van der Waals surface area contributed by atoms with E-state index < -0.39 is 5.97 Å². The van der Waals surface area contributed by atoms with Gasteiger partial charge in [0, 0.05) is 0 Å². The van der Waals surface area contributed by atoms with E-state index in [-0.39, 0.29) is 18.1 Å². The van der Waals surface area contributed by atoms with Crippen LogP contribution in [0, 0.1) is 11.8 Å². The van der Waals surface area contributed by atoms with Crippen molar-refractivity contribution in [1.82, 2.24) is 9.97 Å². The molecule has 0 fully saturated rings. The largest absolute Gasteiger partial charge is 0.461 e. The Labute approximate surface area is 80.3 Å². The summed E-state index contributed by atoms with van der Waals surface area (Å²) in [5.74, 6) is -0.924. The summed E-state index contributed by atoms with van der Waals surface area (Å²) in [4.78, 5) is 29.0. The Hall–Kier alpha value is -1.85. The van der Waals surface area contributed by atoms with Crippen LogP contribution in [0.15, 0.2) is 11.4 Å². The quantitative estimate of drug-likeness (QED) is 0.537. The summed E-state index contributed by atoms with van der Waals surface area (Å²) >= 11 is 0. The summed E-state index contributed by atoms with van der Waals surface area (Å²) in [6.07, 6.45) is 1.36. The molecule has 6 heteroatoms. The number of carbonyl (C=O) groups is 1. The molecule has 74 valence electrons. The van der Waals surface area contributed by atoms with Crippen LogP contribution in [0.2, 0.25) is 0 Å². The highest BCUT2D eigenvalue weighted by Crippen LogP contribution is 2.14. The van der Waals surface area contributed by atoms with E-state index in [1.165, 1.54) is 6.20 Å². The molecule has 1 aromatic heterocycles. The molecule has 0 atom stereocenters. The first-order chi connectivity index (χ1) is 6.69. The Balaban J connectivity index is 3.10. The molecule has 0 aliphatic heterocycles. The predicted molar refractivity (Wildman–Crippen MR) is 48.2 cm³/mol. The lowest BCUT2D eigenvalue weighted by molar-refractivity contribution is 0.0520. The summed E-state index contributed by atoms with van der Waals surface area (Å²) in [5, 5.41) is 2.59. The Morgan fingerprint density at radius 2 is 2.36 bits per heavy atom. The minimum atomic E-state index is -0.682. The van der Waals surface area contributed by atoms with Crippen LogP contribution in [0.3, 0.4) is 0 Å². The number of aromatic nitrogens is 2. The summed E-state index contributed by atoms with van der Waals surface area (Å²) in [7, 11) is 0. The van der Waals surface area contributed by atoms with Crippen LogP contribution >= 0.6 is 0 Å². The van der Waals surface area contributed by atoms with Crippen LogP contribution in [-0.2, 0) is 4.74 Å². The van der Waals surface area contributed by atoms with E-state index in [1.807, 2.05) is 0 Å². The Morgan fingerprint density at radius 1 is 1.64 bits per heavy atom. The predicted octanol–water partition coefficient (Wildman–Crippen LogP) is 1.36. The normalized spacial score (nSPS) is 9.57. The number of nitroso groups, excluding NO2 is 1. The van der Waals surface area contributed by atoms with Crippen LogP contribution in [-0.4, -0.2) is 22.5 Å². The second-order valence-corrected chi connectivity index (χ2v) is 2.50. The maximum Gasteiger partial charge on any atom is 0.361 e. The molecule has 0 unspecified atom stereocenters. The smallest absolute Gasteiger partial charge is 0.361 e. The van der Waals surface area contributed by atoms with E-state index >= 15 is 0 Å². The van der Waals surface area contributed by atoms with Crippen LogP contribution in [0.5, 0.6) is 0 Å². The van der Waals surface area contributed by atoms with E-state index in [0.717, 1.165) is 0 Å². The lowest BCUT2D eigenvalue weighted by Gasteiger charge is -2.02. The third kappa shape index (κ3) is 2.09. The highest BCUT2D eigenvalue weighted by Gasteiger charge is 2.16. The molecular formula is C8H9N3O3. The average Bonchev–Trinajstić information content (AvgIpc) is 2.18. The number of aryl methyl sites for hydroxylation is 1. The lowest BCUT2D eigenvalue weighted by Crippen LogP contribution is -2.08. The number of esters is 1. The van der Waals surface area contributed by atoms with Gasteiger partial charge in [0.25, 0.3) is 0 Å². The third-order valence-corrected chi connectivity index (χ3v) is 1.43. The van der Waals surface area contributed by atoms with Crippen molar-refractivity contribution in [2.75, 3.05) is 6.61 Å². The van der Waals surface area contributed by atoms with Gasteiger partial charge in [0.1, 0.15) is 0 Å². The van der Waals surface area contributed by atoms with Gasteiger partial charge in [0.15, 0.2) is 5.69 Å². The molecule has 14 heavy (non-hydrogen) atoms. The maximum atomic E-state index is 11.3.